The van der Waals surface area contributed by atoms with Crippen molar-refractivity contribution in [1.82, 2.24) is 25.1 Å². The number of aliphatic hydroxyl groups excluding tert-OH is 1. The van der Waals surface area contributed by atoms with Gasteiger partial charge in [0.1, 0.15) is 36.6 Å². The molecule has 0 aliphatic carbocycles. The van der Waals surface area contributed by atoms with Gasteiger partial charge in [0.25, 0.3) is 0 Å². The Balaban J connectivity index is 1.36. The predicted octanol–water partition coefficient (Wildman–Crippen LogP) is 3.66. The first-order chi connectivity index (χ1) is 18.2. The molecule has 0 amide bonds. The van der Waals surface area contributed by atoms with Crippen molar-refractivity contribution in [2.45, 2.75) is 25.5 Å². The van der Waals surface area contributed by atoms with Gasteiger partial charge in [-0.3, -0.25) is 10.00 Å². The van der Waals surface area contributed by atoms with Gasteiger partial charge in [-0.2, -0.15) is 0 Å². The summed E-state index contributed by atoms with van der Waals surface area (Å²) in [6.45, 7) is 2.34. The molecule has 10 nitrogen and oxygen atoms in total. The number of fused-ring (bicyclic) bond motifs is 1. The lowest BCUT2D eigenvalue weighted by molar-refractivity contribution is 0.138. The van der Waals surface area contributed by atoms with E-state index in [1.807, 2.05) is 12.1 Å². The Morgan fingerprint density at radius 1 is 1.19 bits per heavy atom. The van der Waals surface area contributed by atoms with Crippen LogP contribution in [0.1, 0.15) is 18.4 Å². The van der Waals surface area contributed by atoms with Crippen LogP contribution in [-0.2, 0) is 6.61 Å². The van der Waals surface area contributed by atoms with E-state index in [4.69, 9.17) is 14.2 Å². The topological polar surface area (TPSA) is 118 Å². The van der Waals surface area contributed by atoms with E-state index in [0.717, 1.165) is 19.4 Å². The fraction of sp³-hybridized carbons (Fsp3) is 0.346. The number of methoxy groups -OCH3 is 1. The molecule has 11 heteroatoms. The van der Waals surface area contributed by atoms with E-state index in [9.17, 15) is 9.50 Å². The molecule has 2 aromatic heterocycles. The van der Waals surface area contributed by atoms with Crippen LogP contribution >= 0.6 is 0 Å². The highest BCUT2D eigenvalue weighted by atomic mass is 19.1. The number of halogens is 1. The van der Waals surface area contributed by atoms with Gasteiger partial charge in [-0.05, 0) is 49.2 Å². The zero-order chi connectivity index (χ0) is 25.6. The van der Waals surface area contributed by atoms with E-state index < -0.39 is 0 Å². The van der Waals surface area contributed by atoms with Gasteiger partial charge >= 0.3 is 0 Å². The Morgan fingerprint density at radius 3 is 2.92 bits per heavy atom. The molecule has 5 rings (SSSR count). The monoisotopic (exact) mass is 508 g/mol. The normalized spacial score (nSPS) is 15.7. The fourth-order valence-electron chi connectivity index (χ4n) is 4.52. The van der Waals surface area contributed by atoms with E-state index in [2.05, 4.69) is 30.4 Å². The van der Waals surface area contributed by atoms with E-state index in [-0.39, 0.29) is 25.1 Å². The molecule has 0 spiro atoms. The summed E-state index contributed by atoms with van der Waals surface area (Å²) in [4.78, 5) is 10.9. The molecule has 1 fully saturated rings. The number of anilines is 2. The molecular weight excluding hydrogens is 479 g/mol. The minimum Gasteiger partial charge on any atom is -0.493 e. The number of aliphatic hydroxyl groups is 1. The fourth-order valence-corrected chi connectivity index (χ4v) is 4.52. The van der Waals surface area contributed by atoms with Gasteiger partial charge in [-0.25, -0.2) is 14.4 Å². The van der Waals surface area contributed by atoms with Crippen LogP contribution < -0.4 is 19.5 Å². The summed E-state index contributed by atoms with van der Waals surface area (Å²) in [6, 6.07) is 11.9. The first-order valence-electron chi connectivity index (χ1n) is 12.1. The number of hydrogen-bond acceptors (Lipinski definition) is 9. The van der Waals surface area contributed by atoms with Crippen LogP contribution in [0.15, 0.2) is 48.8 Å². The van der Waals surface area contributed by atoms with Gasteiger partial charge in [-0.1, -0.05) is 18.2 Å². The minimum atomic E-state index is -0.327. The van der Waals surface area contributed by atoms with E-state index >= 15 is 0 Å². The molecule has 1 aliphatic heterocycles. The lowest BCUT2D eigenvalue weighted by Crippen LogP contribution is -2.35. The summed E-state index contributed by atoms with van der Waals surface area (Å²) in [6.07, 6.45) is 3.49. The van der Waals surface area contributed by atoms with Gasteiger partial charge in [0.05, 0.1) is 19.4 Å². The van der Waals surface area contributed by atoms with Crippen molar-refractivity contribution in [2.75, 3.05) is 38.7 Å². The first kappa shape index (κ1) is 24.7. The minimum absolute atomic E-state index is 0.150. The highest BCUT2D eigenvalue weighted by molar-refractivity contribution is 5.93. The van der Waals surface area contributed by atoms with Crippen LogP contribution in [0, 0.1) is 5.82 Å². The molecule has 1 saturated heterocycles. The third-order valence-corrected chi connectivity index (χ3v) is 6.38. The average Bonchev–Trinajstić information content (AvgIpc) is 3.55. The summed E-state index contributed by atoms with van der Waals surface area (Å²) in [5.41, 5.74) is 1.81. The zero-order valence-electron chi connectivity index (χ0n) is 20.5. The summed E-state index contributed by atoms with van der Waals surface area (Å²) in [5.74, 6) is 1.50. The lowest BCUT2D eigenvalue weighted by atomic mass is 10.2. The van der Waals surface area contributed by atoms with Gasteiger partial charge in [0, 0.05) is 12.6 Å². The highest BCUT2D eigenvalue weighted by Gasteiger charge is 2.24. The number of nitrogens with zero attached hydrogens (tertiary/aromatic N) is 4. The lowest BCUT2D eigenvalue weighted by Gasteiger charge is -2.22. The quantitative estimate of drug-likeness (QED) is 0.279. The number of likely N-dealkylation sites (tertiary alicyclic amines) is 1. The number of aromatic nitrogens is 4. The molecule has 1 aliphatic rings. The van der Waals surface area contributed by atoms with Crippen molar-refractivity contribution in [2.24, 2.45) is 0 Å². The number of aromatic amines is 1. The maximum atomic E-state index is 13.6. The first-order valence-corrected chi connectivity index (χ1v) is 12.1. The molecule has 37 heavy (non-hydrogen) atoms. The molecule has 194 valence electrons. The van der Waals surface area contributed by atoms with Crippen molar-refractivity contribution >= 4 is 22.5 Å². The van der Waals surface area contributed by atoms with Crippen LogP contribution in [0.25, 0.3) is 11.0 Å². The van der Waals surface area contributed by atoms with E-state index in [0.29, 0.717) is 58.6 Å². The summed E-state index contributed by atoms with van der Waals surface area (Å²) < 4.78 is 31.2. The Hall–Kier alpha value is -3.96. The van der Waals surface area contributed by atoms with Crippen LogP contribution in [-0.4, -0.2) is 69.6 Å². The van der Waals surface area contributed by atoms with Crippen molar-refractivity contribution in [3.8, 4) is 17.4 Å². The highest BCUT2D eigenvalue weighted by Crippen LogP contribution is 2.39. The maximum absolute atomic E-state index is 13.6. The molecule has 2 aromatic carbocycles. The number of benzene rings is 2. The Labute approximate surface area is 213 Å². The van der Waals surface area contributed by atoms with Crippen molar-refractivity contribution in [3.63, 3.8) is 0 Å². The van der Waals surface area contributed by atoms with Crippen molar-refractivity contribution in [1.29, 1.82) is 0 Å². The number of ether oxygens (including phenoxy) is 3. The van der Waals surface area contributed by atoms with Crippen LogP contribution in [0.4, 0.5) is 15.9 Å². The third-order valence-electron chi connectivity index (χ3n) is 6.38. The number of H-pyrrole nitrogens is 1. The largest absolute Gasteiger partial charge is 0.493 e. The van der Waals surface area contributed by atoms with E-state index in [1.165, 1.54) is 18.5 Å². The number of hydrogen-bond donors (Lipinski definition) is 3. The summed E-state index contributed by atoms with van der Waals surface area (Å²) in [7, 11) is 1.56. The molecule has 0 bridgehead atoms. The van der Waals surface area contributed by atoms with Crippen LogP contribution in [0.3, 0.4) is 0 Å². The van der Waals surface area contributed by atoms with Gasteiger partial charge in [0.15, 0.2) is 17.1 Å². The van der Waals surface area contributed by atoms with Gasteiger partial charge < -0.3 is 24.6 Å². The second-order valence-electron chi connectivity index (χ2n) is 8.72. The number of nitrogens with one attached hydrogen (secondary N) is 2. The van der Waals surface area contributed by atoms with Gasteiger partial charge in [0.2, 0.25) is 5.88 Å². The smallest absolute Gasteiger partial charge is 0.246 e. The molecule has 0 unspecified atom stereocenters. The van der Waals surface area contributed by atoms with Crippen molar-refractivity contribution < 1.29 is 23.7 Å². The second kappa shape index (κ2) is 11.4. The molecule has 3 heterocycles. The summed E-state index contributed by atoms with van der Waals surface area (Å²) in [5, 5.41) is 20.6. The average molecular weight is 509 g/mol. The van der Waals surface area contributed by atoms with E-state index in [1.54, 1.807) is 25.3 Å². The number of para-hydroxylation sites is 1. The van der Waals surface area contributed by atoms with Crippen LogP contribution in [0.5, 0.6) is 17.4 Å². The Morgan fingerprint density at radius 2 is 2.08 bits per heavy atom. The summed E-state index contributed by atoms with van der Waals surface area (Å²) >= 11 is 0. The molecule has 0 radical (unpaired) electrons. The zero-order valence-corrected chi connectivity index (χ0v) is 20.5. The molecule has 0 saturated carbocycles. The molecule has 3 N–H and O–H groups in total. The predicted molar refractivity (Wildman–Crippen MR) is 136 cm³/mol. The molecular formula is C26H29FN6O4. The number of rotatable bonds is 11. The SMILES string of the molecule is COc1cccc(Nc2ncnc3[nH]nc(OCCN4CCC[C@@H]4CO)c23)c1OCc1cccc(F)c1. The van der Waals surface area contributed by atoms with Crippen LogP contribution in [0.2, 0.25) is 0 Å². The van der Waals surface area contributed by atoms with Gasteiger partial charge in [-0.15, -0.1) is 5.10 Å². The molecule has 4 aromatic rings. The third kappa shape index (κ3) is 5.57. The Bertz CT molecular complexity index is 1350. The standard InChI is InChI=1S/C26H29FN6O4/c1-35-21-9-3-8-20(23(21)37-15-17-5-2-6-18(27)13-17)30-24-22-25(29-16-28-24)31-32-26(22)36-12-11-33-10-4-7-19(33)14-34/h2-3,5-6,8-9,13,16,19,34H,4,7,10-12,14-15H2,1H3,(H2,28,29,30,31,32)/t19-/m1/s1. The second-order valence-corrected chi connectivity index (χ2v) is 8.72. The van der Waals surface area contributed by atoms with Crippen molar-refractivity contribution in [3.05, 3.63) is 60.2 Å². The molecule has 1 atom stereocenters. The Kier molecular flexibility index (Phi) is 7.62. The maximum Gasteiger partial charge on any atom is 0.246 e.